The Morgan fingerprint density at radius 1 is 1.06 bits per heavy atom. The molecule has 1 aromatic heterocycles. The van der Waals surface area contributed by atoms with Gasteiger partial charge in [0.1, 0.15) is 5.02 Å². The quantitative estimate of drug-likeness (QED) is 0.202. The van der Waals surface area contributed by atoms with E-state index in [0.717, 1.165) is 18.2 Å². The minimum Gasteiger partial charge on any atom is -0.363 e. The molecular weight excluding hydrogens is 489 g/mol. The zero-order chi connectivity index (χ0) is 25.8. The number of para-hydroxylation sites is 1. The minimum absolute atomic E-state index is 0.0129. The van der Waals surface area contributed by atoms with E-state index in [-0.39, 0.29) is 39.4 Å². The molecule has 3 aromatic rings. The molecule has 0 radical (unpaired) electrons. The second-order valence-electron chi connectivity index (χ2n) is 6.87. The molecule has 0 aliphatic heterocycles. The lowest BCUT2D eigenvalue weighted by atomic mass is 10.1. The second kappa shape index (κ2) is 10.2. The highest BCUT2D eigenvalue weighted by atomic mass is 35.5. The molecule has 5 N–H and O–H groups in total. The first kappa shape index (κ1) is 25.2. The summed E-state index contributed by atoms with van der Waals surface area (Å²) in [4.78, 5) is 43.0. The normalized spacial score (nSPS) is 10.9. The first-order chi connectivity index (χ1) is 16.5. The number of hydrogen-bond acceptors (Lipinski definition) is 7. The lowest BCUT2D eigenvalue weighted by molar-refractivity contribution is -0.137. The minimum atomic E-state index is -4.70. The van der Waals surface area contributed by atoms with E-state index in [1.807, 2.05) is 0 Å². The fraction of sp³-hybridized carbons (Fsp3) is 0.0455. The Hall–Kier alpha value is -4.45. The Morgan fingerprint density at radius 2 is 1.74 bits per heavy atom. The van der Waals surface area contributed by atoms with Crippen LogP contribution in [0.25, 0.3) is 0 Å². The Kier molecular flexibility index (Phi) is 7.35. The number of amides is 2. The van der Waals surface area contributed by atoms with Gasteiger partial charge in [-0.15, -0.1) is 0 Å². The van der Waals surface area contributed by atoms with E-state index < -0.39 is 29.3 Å². The average molecular weight is 505 g/mol. The summed E-state index contributed by atoms with van der Waals surface area (Å²) in [6, 6.07) is 8.74. The number of alkyl halides is 3. The van der Waals surface area contributed by atoms with Gasteiger partial charge in [0.2, 0.25) is 11.9 Å². The van der Waals surface area contributed by atoms with Gasteiger partial charge in [-0.25, -0.2) is 4.98 Å². The van der Waals surface area contributed by atoms with Crippen molar-refractivity contribution in [1.82, 2.24) is 9.97 Å². The summed E-state index contributed by atoms with van der Waals surface area (Å²) in [5.41, 5.74) is 3.94. The summed E-state index contributed by atoms with van der Waals surface area (Å²) in [7, 11) is 0. The van der Waals surface area contributed by atoms with Gasteiger partial charge in [-0.3, -0.25) is 14.4 Å². The SMILES string of the molecule is C=CC(=O)Nc1cc(Nc2ncc(Cl)c(Nc3ccccc3C(=O)C(N)=O)n2)cc(C(F)(F)F)c1. The molecular formula is C22H16ClF3N6O3. The molecule has 0 spiro atoms. The molecule has 0 aliphatic rings. The van der Waals surface area contributed by atoms with Crippen molar-refractivity contribution in [1.29, 1.82) is 0 Å². The number of anilines is 5. The number of ketones is 1. The van der Waals surface area contributed by atoms with Crippen LogP contribution in [0.3, 0.4) is 0 Å². The van der Waals surface area contributed by atoms with Gasteiger partial charge in [-0.05, 0) is 36.4 Å². The number of nitrogens with one attached hydrogen (secondary N) is 3. The molecule has 13 heteroatoms. The van der Waals surface area contributed by atoms with E-state index in [2.05, 4.69) is 32.5 Å². The first-order valence-electron chi connectivity index (χ1n) is 9.63. The van der Waals surface area contributed by atoms with E-state index in [1.165, 1.54) is 30.5 Å². The number of aromatic nitrogens is 2. The van der Waals surface area contributed by atoms with Crippen LogP contribution in [-0.4, -0.2) is 27.6 Å². The molecule has 0 bridgehead atoms. The van der Waals surface area contributed by atoms with Gasteiger partial charge in [0.15, 0.2) is 5.82 Å². The number of halogens is 4. The van der Waals surface area contributed by atoms with Gasteiger partial charge in [-0.2, -0.15) is 18.2 Å². The standard InChI is InChI=1S/C22H16ClF3N6O3/c1-2-17(33)29-12-7-11(22(24,25)26)8-13(9-12)30-21-28-10-15(23)20(32-21)31-16-6-4-3-5-14(16)18(34)19(27)35/h2-10H,1H2,(H2,27,35)(H,29,33)(H2,28,30,31,32). The number of Topliss-reactive ketones (excluding diaryl/α,β-unsaturated/α-hetero) is 1. The van der Waals surface area contributed by atoms with Crippen LogP contribution < -0.4 is 21.7 Å². The molecule has 2 amide bonds. The third-order valence-electron chi connectivity index (χ3n) is 4.36. The molecule has 0 unspecified atom stereocenters. The van der Waals surface area contributed by atoms with E-state index >= 15 is 0 Å². The third kappa shape index (κ3) is 6.32. The first-order valence-corrected chi connectivity index (χ1v) is 10.0. The lowest BCUT2D eigenvalue weighted by Gasteiger charge is -2.15. The predicted octanol–water partition coefficient (Wildman–Crippen LogP) is 4.43. The van der Waals surface area contributed by atoms with Gasteiger partial charge in [0.05, 0.1) is 23.0 Å². The summed E-state index contributed by atoms with van der Waals surface area (Å²) in [5, 5.41) is 7.68. The number of primary amides is 1. The summed E-state index contributed by atoms with van der Waals surface area (Å²) in [6.07, 6.45) is -2.62. The van der Waals surface area contributed by atoms with Crippen molar-refractivity contribution < 1.29 is 27.6 Å². The topological polar surface area (TPSA) is 139 Å². The maximum absolute atomic E-state index is 13.3. The van der Waals surface area contributed by atoms with E-state index in [1.54, 1.807) is 6.07 Å². The van der Waals surface area contributed by atoms with Crippen molar-refractivity contribution in [2.24, 2.45) is 5.73 Å². The van der Waals surface area contributed by atoms with Gasteiger partial charge >= 0.3 is 6.18 Å². The average Bonchev–Trinajstić information content (AvgIpc) is 2.80. The molecule has 180 valence electrons. The van der Waals surface area contributed by atoms with E-state index in [0.29, 0.717) is 0 Å². The number of nitrogens with two attached hydrogens (primary N) is 1. The third-order valence-corrected chi connectivity index (χ3v) is 4.64. The molecule has 0 saturated carbocycles. The van der Waals surface area contributed by atoms with E-state index in [9.17, 15) is 27.6 Å². The molecule has 0 fully saturated rings. The van der Waals surface area contributed by atoms with Crippen LogP contribution in [0.4, 0.5) is 42.0 Å². The smallest absolute Gasteiger partial charge is 0.363 e. The summed E-state index contributed by atoms with van der Waals surface area (Å²) in [6.45, 7) is 3.26. The van der Waals surface area contributed by atoms with Crippen molar-refractivity contribution in [2.45, 2.75) is 6.18 Å². The van der Waals surface area contributed by atoms with Crippen molar-refractivity contribution in [2.75, 3.05) is 16.0 Å². The molecule has 0 saturated heterocycles. The predicted molar refractivity (Wildman–Crippen MR) is 124 cm³/mol. The number of hydrogen-bond donors (Lipinski definition) is 4. The molecule has 0 atom stereocenters. The highest BCUT2D eigenvalue weighted by Gasteiger charge is 2.31. The largest absolute Gasteiger partial charge is 0.416 e. The fourth-order valence-corrected chi connectivity index (χ4v) is 2.96. The van der Waals surface area contributed by atoms with Crippen LogP contribution in [0.5, 0.6) is 0 Å². The number of benzene rings is 2. The summed E-state index contributed by atoms with van der Waals surface area (Å²) < 4.78 is 40.0. The molecule has 9 nitrogen and oxygen atoms in total. The van der Waals surface area contributed by atoms with Crippen molar-refractivity contribution >= 4 is 58.0 Å². The zero-order valence-corrected chi connectivity index (χ0v) is 18.4. The molecule has 1 heterocycles. The number of carbonyl (C=O) groups excluding carboxylic acids is 3. The number of carbonyl (C=O) groups is 3. The van der Waals surface area contributed by atoms with E-state index in [4.69, 9.17) is 17.3 Å². The van der Waals surface area contributed by atoms with Gasteiger partial charge in [0.25, 0.3) is 11.7 Å². The summed E-state index contributed by atoms with van der Waals surface area (Å²) >= 11 is 6.13. The Bertz CT molecular complexity index is 1330. The molecule has 0 aliphatic carbocycles. The molecule has 2 aromatic carbocycles. The highest BCUT2D eigenvalue weighted by molar-refractivity contribution is 6.43. The zero-order valence-electron chi connectivity index (χ0n) is 17.6. The van der Waals surface area contributed by atoms with Crippen molar-refractivity contribution in [3.63, 3.8) is 0 Å². The van der Waals surface area contributed by atoms with Crippen molar-refractivity contribution in [3.05, 3.63) is 77.5 Å². The number of rotatable bonds is 8. The Morgan fingerprint density at radius 3 is 2.40 bits per heavy atom. The van der Waals surface area contributed by atoms with Crippen LogP contribution >= 0.6 is 11.6 Å². The van der Waals surface area contributed by atoms with Gasteiger partial charge in [-0.1, -0.05) is 30.3 Å². The Labute approximate surface area is 201 Å². The van der Waals surface area contributed by atoms with Crippen LogP contribution in [0.1, 0.15) is 15.9 Å². The van der Waals surface area contributed by atoms with Crippen LogP contribution in [0.15, 0.2) is 61.3 Å². The van der Waals surface area contributed by atoms with Crippen LogP contribution in [0, 0.1) is 0 Å². The van der Waals surface area contributed by atoms with Crippen LogP contribution in [-0.2, 0) is 15.8 Å². The summed E-state index contributed by atoms with van der Waals surface area (Å²) in [5.74, 6) is -2.99. The maximum atomic E-state index is 13.3. The highest BCUT2D eigenvalue weighted by Crippen LogP contribution is 2.34. The fourth-order valence-electron chi connectivity index (χ4n) is 2.82. The Balaban J connectivity index is 1.95. The van der Waals surface area contributed by atoms with Gasteiger partial charge < -0.3 is 21.7 Å². The molecule has 3 rings (SSSR count). The molecule has 35 heavy (non-hydrogen) atoms. The van der Waals surface area contributed by atoms with Gasteiger partial charge in [0, 0.05) is 11.4 Å². The lowest BCUT2D eigenvalue weighted by Crippen LogP contribution is -2.23. The maximum Gasteiger partial charge on any atom is 0.416 e. The van der Waals surface area contributed by atoms with Crippen LogP contribution in [0.2, 0.25) is 5.02 Å². The monoisotopic (exact) mass is 504 g/mol. The van der Waals surface area contributed by atoms with Crippen molar-refractivity contribution in [3.8, 4) is 0 Å². The second-order valence-corrected chi connectivity index (χ2v) is 7.28. The number of nitrogens with zero attached hydrogens (tertiary/aromatic N) is 2.